The minimum atomic E-state index is -0.522. The summed E-state index contributed by atoms with van der Waals surface area (Å²) < 4.78 is 19.4. The lowest BCUT2D eigenvalue weighted by Crippen LogP contribution is -2.49. The van der Waals surface area contributed by atoms with Crippen LogP contribution in [0.4, 0.5) is 15.8 Å². The van der Waals surface area contributed by atoms with Crippen LogP contribution in [0.15, 0.2) is 72.8 Å². The van der Waals surface area contributed by atoms with Crippen molar-refractivity contribution in [2.75, 3.05) is 43.0 Å². The third-order valence-electron chi connectivity index (χ3n) is 5.65. The number of nitrogens with one attached hydrogen (secondary N) is 1. The van der Waals surface area contributed by atoms with Gasteiger partial charge in [0, 0.05) is 31.9 Å². The summed E-state index contributed by atoms with van der Waals surface area (Å²) >= 11 is 0. The zero-order valence-corrected chi connectivity index (χ0v) is 18.5. The third kappa shape index (κ3) is 5.31. The van der Waals surface area contributed by atoms with E-state index in [1.807, 2.05) is 12.1 Å². The third-order valence-corrected chi connectivity index (χ3v) is 5.65. The van der Waals surface area contributed by atoms with Crippen molar-refractivity contribution in [3.8, 4) is 5.75 Å². The van der Waals surface area contributed by atoms with Gasteiger partial charge in [-0.3, -0.25) is 9.59 Å². The standard InChI is InChI=1S/C26H26FN3O3/c1-19-8-2-6-12-23(19)29-14-16-30(17-15-29)26(32)20-9-3-7-13-24(20)33-18-25(31)28-22-11-5-4-10-21(22)27/h2-13H,14-18H2,1H3,(H,28,31). The van der Waals surface area contributed by atoms with Crippen LogP contribution in [-0.2, 0) is 4.79 Å². The Morgan fingerprint density at radius 2 is 1.58 bits per heavy atom. The molecule has 0 aromatic heterocycles. The molecule has 170 valence electrons. The van der Waals surface area contributed by atoms with Crippen LogP contribution in [-0.4, -0.2) is 49.5 Å². The van der Waals surface area contributed by atoms with Crippen LogP contribution < -0.4 is 15.0 Å². The van der Waals surface area contributed by atoms with E-state index in [1.165, 1.54) is 23.4 Å². The van der Waals surface area contributed by atoms with Crippen molar-refractivity contribution in [2.24, 2.45) is 0 Å². The van der Waals surface area contributed by atoms with E-state index in [2.05, 4.69) is 29.3 Å². The molecule has 0 radical (unpaired) electrons. The Labute approximate surface area is 192 Å². The molecule has 4 rings (SSSR count). The SMILES string of the molecule is Cc1ccccc1N1CCN(C(=O)c2ccccc2OCC(=O)Nc2ccccc2F)CC1. The molecule has 2 amide bonds. The number of hydrogen-bond acceptors (Lipinski definition) is 4. The molecule has 0 atom stereocenters. The number of aryl methyl sites for hydroxylation is 1. The summed E-state index contributed by atoms with van der Waals surface area (Å²) in [6.45, 7) is 4.42. The molecule has 1 heterocycles. The molecule has 0 spiro atoms. The molecule has 1 saturated heterocycles. The van der Waals surface area contributed by atoms with Crippen molar-refractivity contribution in [1.29, 1.82) is 0 Å². The molecule has 0 bridgehead atoms. The largest absolute Gasteiger partial charge is 0.483 e. The van der Waals surface area contributed by atoms with Crippen LogP contribution in [0.5, 0.6) is 5.75 Å². The van der Waals surface area contributed by atoms with Crippen molar-refractivity contribution >= 4 is 23.2 Å². The van der Waals surface area contributed by atoms with Crippen LogP contribution in [0.3, 0.4) is 0 Å². The number of nitrogens with zero attached hydrogens (tertiary/aromatic N) is 2. The summed E-state index contributed by atoms with van der Waals surface area (Å²) in [6, 6.07) is 21.0. The van der Waals surface area contributed by atoms with Crippen molar-refractivity contribution in [1.82, 2.24) is 4.90 Å². The van der Waals surface area contributed by atoms with Gasteiger partial charge >= 0.3 is 0 Å². The van der Waals surface area contributed by atoms with Crippen molar-refractivity contribution in [3.63, 3.8) is 0 Å². The van der Waals surface area contributed by atoms with Crippen LogP contribution >= 0.6 is 0 Å². The number of rotatable bonds is 6. The molecule has 6 nitrogen and oxygen atoms in total. The average molecular weight is 448 g/mol. The van der Waals surface area contributed by atoms with Gasteiger partial charge in [0.25, 0.3) is 11.8 Å². The van der Waals surface area contributed by atoms with Gasteiger partial charge in [-0.15, -0.1) is 0 Å². The Morgan fingerprint density at radius 1 is 0.909 bits per heavy atom. The Bertz CT molecular complexity index is 1140. The van der Waals surface area contributed by atoms with Crippen LogP contribution in [0.1, 0.15) is 15.9 Å². The maximum absolute atomic E-state index is 13.7. The lowest BCUT2D eigenvalue weighted by Gasteiger charge is -2.37. The second-order valence-corrected chi connectivity index (χ2v) is 7.88. The van der Waals surface area contributed by atoms with Gasteiger partial charge in [-0.2, -0.15) is 0 Å². The molecule has 0 unspecified atom stereocenters. The highest BCUT2D eigenvalue weighted by molar-refractivity contribution is 5.97. The van der Waals surface area contributed by atoms with Gasteiger partial charge < -0.3 is 19.9 Å². The first-order valence-corrected chi connectivity index (χ1v) is 10.9. The van der Waals surface area contributed by atoms with E-state index < -0.39 is 11.7 Å². The number of carbonyl (C=O) groups is 2. The lowest BCUT2D eigenvalue weighted by molar-refractivity contribution is -0.118. The van der Waals surface area contributed by atoms with Crippen molar-refractivity contribution in [3.05, 3.63) is 89.7 Å². The molecule has 1 aliphatic heterocycles. The smallest absolute Gasteiger partial charge is 0.262 e. The fourth-order valence-electron chi connectivity index (χ4n) is 3.90. The van der Waals surface area contributed by atoms with Gasteiger partial charge in [0.15, 0.2) is 6.61 Å². The highest BCUT2D eigenvalue weighted by Gasteiger charge is 2.25. The molecule has 7 heteroatoms. The summed E-state index contributed by atoms with van der Waals surface area (Å²) in [5, 5.41) is 2.48. The number of piperazine rings is 1. The monoisotopic (exact) mass is 447 g/mol. The summed E-state index contributed by atoms with van der Waals surface area (Å²) in [7, 11) is 0. The van der Waals surface area contributed by atoms with E-state index in [0.717, 1.165) is 13.1 Å². The van der Waals surface area contributed by atoms with Gasteiger partial charge in [0.2, 0.25) is 0 Å². The molecule has 1 fully saturated rings. The van der Waals surface area contributed by atoms with Crippen LogP contribution in [0.25, 0.3) is 0 Å². The first-order valence-electron chi connectivity index (χ1n) is 10.9. The van der Waals surface area contributed by atoms with Gasteiger partial charge in [0.05, 0.1) is 11.3 Å². The molecule has 33 heavy (non-hydrogen) atoms. The second kappa shape index (κ2) is 10.2. The maximum atomic E-state index is 13.7. The minimum absolute atomic E-state index is 0.0852. The zero-order valence-electron chi connectivity index (χ0n) is 18.5. The van der Waals surface area contributed by atoms with E-state index in [0.29, 0.717) is 24.4 Å². The second-order valence-electron chi connectivity index (χ2n) is 7.88. The number of anilines is 2. The van der Waals surface area contributed by atoms with Crippen LogP contribution in [0.2, 0.25) is 0 Å². The van der Waals surface area contributed by atoms with Gasteiger partial charge in [0.1, 0.15) is 11.6 Å². The number of amides is 2. The molecule has 3 aromatic rings. The first-order chi connectivity index (χ1) is 16.0. The highest BCUT2D eigenvalue weighted by Crippen LogP contribution is 2.24. The summed E-state index contributed by atoms with van der Waals surface area (Å²) in [5.74, 6) is -0.836. The predicted octanol–water partition coefficient (Wildman–Crippen LogP) is 4.11. The molecule has 1 N–H and O–H groups in total. The number of ether oxygens (including phenoxy) is 1. The van der Waals surface area contributed by atoms with Crippen molar-refractivity contribution in [2.45, 2.75) is 6.92 Å². The topological polar surface area (TPSA) is 61.9 Å². The Morgan fingerprint density at radius 3 is 2.33 bits per heavy atom. The highest BCUT2D eigenvalue weighted by atomic mass is 19.1. The fourth-order valence-corrected chi connectivity index (χ4v) is 3.90. The van der Waals surface area contributed by atoms with Gasteiger partial charge in [-0.05, 0) is 42.8 Å². The maximum Gasteiger partial charge on any atom is 0.262 e. The normalized spacial score (nSPS) is 13.5. The first kappa shape index (κ1) is 22.3. The van der Waals surface area contributed by atoms with E-state index in [1.54, 1.807) is 41.3 Å². The minimum Gasteiger partial charge on any atom is -0.483 e. The van der Waals surface area contributed by atoms with E-state index >= 15 is 0 Å². The number of carbonyl (C=O) groups excluding carboxylic acids is 2. The van der Waals surface area contributed by atoms with Crippen LogP contribution in [0, 0.1) is 12.7 Å². The molecule has 3 aromatic carbocycles. The summed E-state index contributed by atoms with van der Waals surface area (Å²) in [5.41, 5.74) is 2.89. The molecular weight excluding hydrogens is 421 g/mol. The average Bonchev–Trinajstić information content (AvgIpc) is 2.84. The number of halogens is 1. The van der Waals surface area contributed by atoms with Gasteiger partial charge in [-0.25, -0.2) is 4.39 Å². The summed E-state index contributed by atoms with van der Waals surface area (Å²) in [6.07, 6.45) is 0. The lowest BCUT2D eigenvalue weighted by atomic mass is 10.1. The van der Waals surface area contributed by atoms with Gasteiger partial charge in [-0.1, -0.05) is 42.5 Å². The Hall–Kier alpha value is -3.87. The number of benzene rings is 3. The molecule has 1 aliphatic rings. The Kier molecular flexibility index (Phi) is 6.88. The van der Waals surface area contributed by atoms with E-state index in [4.69, 9.17) is 4.74 Å². The number of para-hydroxylation sites is 3. The summed E-state index contributed by atoms with van der Waals surface area (Å²) in [4.78, 5) is 29.5. The van der Waals surface area contributed by atoms with E-state index in [9.17, 15) is 14.0 Å². The van der Waals surface area contributed by atoms with E-state index in [-0.39, 0.29) is 18.2 Å². The molecule has 0 saturated carbocycles. The molecule has 0 aliphatic carbocycles. The predicted molar refractivity (Wildman–Crippen MR) is 126 cm³/mol. The van der Waals surface area contributed by atoms with Crippen molar-refractivity contribution < 1.29 is 18.7 Å². The molecular formula is C26H26FN3O3. The zero-order chi connectivity index (χ0) is 23.2. The number of hydrogen-bond donors (Lipinski definition) is 1. The fraction of sp³-hybridized carbons (Fsp3) is 0.231. The quantitative estimate of drug-likeness (QED) is 0.618. The Balaban J connectivity index is 1.37.